The third-order valence-electron chi connectivity index (χ3n) is 7.32. The number of carbonyl (C=O) groups excluding carboxylic acids is 2. The van der Waals surface area contributed by atoms with E-state index < -0.39 is 21.5 Å². The normalized spacial score (nSPS) is 16.9. The van der Waals surface area contributed by atoms with Crippen LogP contribution in [0.1, 0.15) is 36.9 Å². The molecule has 212 valence electrons. The van der Waals surface area contributed by atoms with E-state index in [1.165, 1.54) is 17.0 Å². The molecule has 2 aliphatic heterocycles. The summed E-state index contributed by atoms with van der Waals surface area (Å²) < 4.78 is 35.2. The van der Waals surface area contributed by atoms with Gasteiger partial charge >= 0.3 is 6.03 Å². The van der Waals surface area contributed by atoms with Gasteiger partial charge in [-0.2, -0.15) is 0 Å². The molecule has 3 amide bonds. The summed E-state index contributed by atoms with van der Waals surface area (Å²) in [6, 6.07) is 15.6. The van der Waals surface area contributed by atoms with Crippen LogP contribution < -0.4 is 14.9 Å². The first-order valence-electron chi connectivity index (χ1n) is 13.3. The predicted molar refractivity (Wildman–Crippen MR) is 147 cm³/mol. The van der Waals surface area contributed by atoms with Crippen molar-refractivity contribution in [1.82, 2.24) is 25.0 Å². The molecule has 0 atom stereocenters. The lowest BCUT2D eigenvalue weighted by molar-refractivity contribution is -0.132. The Kier molecular flexibility index (Phi) is 7.92. The van der Waals surface area contributed by atoms with Gasteiger partial charge in [-0.25, -0.2) is 23.4 Å². The molecule has 0 aliphatic carbocycles. The quantitative estimate of drug-likeness (QED) is 0.281. The van der Waals surface area contributed by atoms with Crippen molar-refractivity contribution in [1.29, 1.82) is 0 Å². The van der Waals surface area contributed by atoms with Crippen LogP contribution in [0.3, 0.4) is 0 Å². The van der Waals surface area contributed by atoms with Crippen molar-refractivity contribution in [2.24, 2.45) is 0 Å². The van der Waals surface area contributed by atoms with Gasteiger partial charge < -0.3 is 14.5 Å². The maximum Gasteiger partial charge on any atom is 0.320 e. The molecule has 3 N–H and O–H groups in total. The van der Waals surface area contributed by atoms with Crippen LogP contribution in [0.2, 0.25) is 0 Å². The predicted octanol–water partition coefficient (Wildman–Crippen LogP) is 2.96. The van der Waals surface area contributed by atoms with Gasteiger partial charge in [0.05, 0.1) is 22.4 Å². The number of piperidine rings is 1. The van der Waals surface area contributed by atoms with E-state index in [2.05, 4.69) is 9.71 Å². The number of ether oxygens (including phenoxy) is 1. The number of nitrogens with zero attached hydrogens (tertiary/aromatic N) is 3. The minimum atomic E-state index is -4.05. The van der Waals surface area contributed by atoms with Gasteiger partial charge in [-0.15, -0.1) is 0 Å². The highest BCUT2D eigenvalue weighted by Crippen LogP contribution is 2.30. The van der Waals surface area contributed by atoms with Crippen LogP contribution in [-0.2, 0) is 21.4 Å². The van der Waals surface area contributed by atoms with Crippen LogP contribution in [0.4, 0.5) is 4.79 Å². The van der Waals surface area contributed by atoms with Crippen LogP contribution in [0.15, 0.2) is 59.5 Å². The van der Waals surface area contributed by atoms with E-state index >= 15 is 0 Å². The molecule has 1 aromatic heterocycles. The van der Waals surface area contributed by atoms with Crippen LogP contribution in [-0.4, -0.2) is 72.1 Å². The summed E-state index contributed by atoms with van der Waals surface area (Å²) in [4.78, 5) is 32.7. The molecule has 2 saturated heterocycles. The molecular weight excluding hydrogens is 534 g/mol. The first-order chi connectivity index (χ1) is 19.2. The van der Waals surface area contributed by atoms with E-state index in [4.69, 9.17) is 9.94 Å². The minimum absolute atomic E-state index is 0.00496. The second-order valence-electron chi connectivity index (χ2n) is 10.5. The lowest BCUT2D eigenvalue weighted by Gasteiger charge is -2.51. The molecule has 0 spiro atoms. The average molecular weight is 568 g/mol. The molecule has 2 fully saturated rings. The second kappa shape index (κ2) is 11.4. The number of sulfonamides is 1. The first-order valence-corrected chi connectivity index (χ1v) is 14.8. The Bertz CT molecular complexity index is 1500. The van der Waals surface area contributed by atoms with E-state index in [9.17, 15) is 18.0 Å². The molecule has 2 aliphatic rings. The molecule has 2 aromatic carbocycles. The summed E-state index contributed by atoms with van der Waals surface area (Å²) in [7, 11) is -4.05. The number of aryl methyl sites for hydroxylation is 1. The molecule has 0 bridgehead atoms. The highest BCUT2D eigenvalue weighted by Gasteiger charge is 2.50. The number of aromatic nitrogens is 1. The number of amides is 3. The largest absolute Gasteiger partial charge is 0.489 e. The number of urea groups is 1. The zero-order valence-electron chi connectivity index (χ0n) is 22.3. The second-order valence-corrected chi connectivity index (χ2v) is 12.2. The summed E-state index contributed by atoms with van der Waals surface area (Å²) >= 11 is 0. The maximum atomic E-state index is 13.3. The lowest BCUT2D eigenvalue weighted by Crippen LogP contribution is -2.73. The summed E-state index contributed by atoms with van der Waals surface area (Å²) in [6.07, 6.45) is 2.63. The van der Waals surface area contributed by atoms with Gasteiger partial charge in [0.1, 0.15) is 12.4 Å². The summed E-state index contributed by atoms with van der Waals surface area (Å²) in [5.74, 6) is -0.246. The monoisotopic (exact) mass is 567 g/mol. The SMILES string of the molecule is Cc1cc(COc2ccc(S(=O)(=O)NC3(CC(=O)NO)CN(C(=O)N4CCCCC4)C3)cc2)c2ccccc2n1. The number of hydrogen-bond acceptors (Lipinski definition) is 7. The fraction of sp³-hybridized carbons (Fsp3) is 0.393. The Morgan fingerprint density at radius 3 is 2.42 bits per heavy atom. The molecule has 3 aromatic rings. The number of benzene rings is 2. The summed E-state index contributed by atoms with van der Waals surface area (Å²) in [5, 5.41) is 10.1. The van der Waals surface area contributed by atoms with Crippen LogP contribution in [0, 0.1) is 6.92 Å². The number of hydroxylamine groups is 1. The summed E-state index contributed by atoms with van der Waals surface area (Å²) in [6.45, 7) is 3.58. The third-order valence-corrected chi connectivity index (χ3v) is 8.91. The van der Waals surface area contributed by atoms with Crippen molar-refractivity contribution in [3.8, 4) is 5.75 Å². The number of carbonyl (C=O) groups is 2. The Balaban J connectivity index is 1.26. The number of pyridine rings is 1. The molecule has 3 heterocycles. The Morgan fingerprint density at radius 2 is 1.73 bits per heavy atom. The molecule has 0 radical (unpaired) electrons. The molecular formula is C28H33N5O6S. The van der Waals surface area contributed by atoms with Gasteiger partial charge in [0, 0.05) is 42.8 Å². The van der Waals surface area contributed by atoms with Crippen molar-refractivity contribution >= 4 is 32.9 Å². The molecule has 0 unspecified atom stereocenters. The molecule has 12 heteroatoms. The standard InChI is InChI=1S/C28H33N5O6S/c1-20-15-21(24-7-3-4-8-25(24)29-20)17-39-22-9-11-23(12-10-22)40(37,38)31-28(16-26(34)30-36)18-33(19-28)27(35)32-13-5-2-6-14-32/h3-4,7-12,15,31,36H,2,5-6,13-14,16-19H2,1H3,(H,30,34). The van der Waals surface area contributed by atoms with Gasteiger partial charge in [-0.05, 0) is 62.6 Å². The van der Waals surface area contributed by atoms with Gasteiger partial charge in [0.25, 0.3) is 0 Å². The Hall–Kier alpha value is -3.74. The van der Waals surface area contributed by atoms with Crippen molar-refractivity contribution in [3.63, 3.8) is 0 Å². The zero-order valence-corrected chi connectivity index (χ0v) is 23.1. The van der Waals surface area contributed by atoms with E-state index in [0.717, 1.165) is 41.4 Å². The zero-order chi connectivity index (χ0) is 28.3. The van der Waals surface area contributed by atoms with Gasteiger partial charge in [0.2, 0.25) is 15.9 Å². The van der Waals surface area contributed by atoms with E-state index in [1.807, 2.05) is 37.3 Å². The van der Waals surface area contributed by atoms with Crippen molar-refractivity contribution < 1.29 is 28.0 Å². The fourth-order valence-corrected chi connectivity index (χ4v) is 6.78. The molecule has 40 heavy (non-hydrogen) atoms. The number of hydrogen-bond donors (Lipinski definition) is 3. The van der Waals surface area contributed by atoms with Gasteiger partial charge in [-0.3, -0.25) is 15.0 Å². The van der Waals surface area contributed by atoms with E-state index in [-0.39, 0.29) is 37.0 Å². The van der Waals surface area contributed by atoms with Crippen LogP contribution >= 0.6 is 0 Å². The number of fused-ring (bicyclic) bond motifs is 1. The van der Waals surface area contributed by atoms with Crippen molar-refractivity contribution in [2.75, 3.05) is 26.2 Å². The van der Waals surface area contributed by atoms with E-state index in [1.54, 1.807) is 22.5 Å². The highest BCUT2D eigenvalue weighted by molar-refractivity contribution is 7.89. The van der Waals surface area contributed by atoms with Gasteiger partial charge in [0.15, 0.2) is 0 Å². The number of para-hydroxylation sites is 1. The Labute approximate surface area is 233 Å². The molecule has 11 nitrogen and oxygen atoms in total. The van der Waals surface area contributed by atoms with Gasteiger partial charge in [-0.1, -0.05) is 18.2 Å². The number of rotatable bonds is 8. The first kappa shape index (κ1) is 27.8. The summed E-state index contributed by atoms with van der Waals surface area (Å²) in [5.41, 5.74) is 3.06. The third kappa shape index (κ3) is 6.03. The minimum Gasteiger partial charge on any atom is -0.489 e. The van der Waals surface area contributed by atoms with E-state index in [0.29, 0.717) is 18.8 Å². The van der Waals surface area contributed by atoms with Crippen LogP contribution in [0.5, 0.6) is 5.75 Å². The Morgan fingerprint density at radius 1 is 1.02 bits per heavy atom. The highest BCUT2D eigenvalue weighted by atomic mass is 32.2. The lowest BCUT2D eigenvalue weighted by atomic mass is 9.87. The van der Waals surface area contributed by atoms with Crippen LogP contribution in [0.25, 0.3) is 10.9 Å². The van der Waals surface area contributed by atoms with Crippen molar-refractivity contribution in [2.45, 2.75) is 49.6 Å². The molecule has 0 saturated carbocycles. The number of nitrogens with one attached hydrogen (secondary N) is 2. The maximum absolute atomic E-state index is 13.3. The average Bonchev–Trinajstić information content (AvgIpc) is 2.94. The fourth-order valence-electron chi connectivity index (χ4n) is 5.40. The van der Waals surface area contributed by atoms with Crippen molar-refractivity contribution in [3.05, 3.63) is 65.9 Å². The molecule has 5 rings (SSSR count). The smallest absolute Gasteiger partial charge is 0.320 e. The number of likely N-dealkylation sites (tertiary alicyclic amines) is 2. The topological polar surface area (TPSA) is 141 Å².